The molecule has 0 bridgehead atoms. The van der Waals surface area contributed by atoms with Gasteiger partial charge >= 0.3 is 0 Å². The molecular formula is C24H28N2O2S2. The Labute approximate surface area is 186 Å². The van der Waals surface area contributed by atoms with Gasteiger partial charge in [0.1, 0.15) is 4.83 Å². The van der Waals surface area contributed by atoms with Crippen LogP contribution in [0.3, 0.4) is 0 Å². The molecule has 0 fully saturated rings. The predicted octanol–water partition coefficient (Wildman–Crippen LogP) is 5.79. The summed E-state index contributed by atoms with van der Waals surface area (Å²) in [5, 5.41) is 1.53. The molecule has 1 aliphatic rings. The van der Waals surface area contributed by atoms with E-state index in [1.165, 1.54) is 16.7 Å². The van der Waals surface area contributed by atoms with Crippen LogP contribution in [0.5, 0.6) is 0 Å². The van der Waals surface area contributed by atoms with E-state index in [0.717, 1.165) is 43.6 Å². The molecule has 6 heteroatoms. The smallest absolute Gasteiger partial charge is 0.263 e. The first-order valence-electron chi connectivity index (χ1n) is 10.2. The molecule has 3 heterocycles. The summed E-state index contributed by atoms with van der Waals surface area (Å²) in [6, 6.07) is 6.50. The van der Waals surface area contributed by atoms with Gasteiger partial charge in [0, 0.05) is 23.6 Å². The molecule has 0 unspecified atom stereocenters. The number of rotatable bonds is 5. The molecule has 1 aliphatic heterocycles. The van der Waals surface area contributed by atoms with E-state index < -0.39 is 0 Å². The van der Waals surface area contributed by atoms with Gasteiger partial charge in [-0.3, -0.25) is 9.36 Å². The molecule has 1 aromatic carbocycles. The maximum Gasteiger partial charge on any atom is 0.263 e. The number of aromatic nitrogens is 2. The van der Waals surface area contributed by atoms with Crippen LogP contribution >= 0.6 is 23.1 Å². The van der Waals surface area contributed by atoms with Gasteiger partial charge in [0.15, 0.2) is 5.16 Å². The lowest BCUT2D eigenvalue weighted by atomic mass is 9.94. The summed E-state index contributed by atoms with van der Waals surface area (Å²) in [4.78, 5) is 20.5. The summed E-state index contributed by atoms with van der Waals surface area (Å²) in [7, 11) is 0. The summed E-state index contributed by atoms with van der Waals surface area (Å²) in [6.45, 7) is 15.4. The number of allylic oxidation sites excluding steroid dienone is 1. The number of aryl methyl sites for hydroxylation is 2. The van der Waals surface area contributed by atoms with Crippen molar-refractivity contribution in [1.29, 1.82) is 0 Å². The van der Waals surface area contributed by atoms with Crippen LogP contribution in [0.4, 0.5) is 0 Å². The zero-order chi connectivity index (χ0) is 21.6. The van der Waals surface area contributed by atoms with Crippen molar-refractivity contribution in [2.75, 3.05) is 0 Å². The fraction of sp³-hybridized carbons (Fsp3) is 0.417. The van der Waals surface area contributed by atoms with Crippen LogP contribution in [0.25, 0.3) is 10.2 Å². The molecule has 0 saturated heterocycles. The lowest BCUT2D eigenvalue weighted by molar-refractivity contribution is -0.0379. The second-order valence-corrected chi connectivity index (χ2v) is 10.9. The molecule has 0 radical (unpaired) electrons. The van der Waals surface area contributed by atoms with Gasteiger partial charge in [-0.1, -0.05) is 47.7 Å². The van der Waals surface area contributed by atoms with Gasteiger partial charge in [0.25, 0.3) is 5.56 Å². The minimum atomic E-state index is -0.261. The second-order valence-electron chi connectivity index (χ2n) is 8.87. The van der Waals surface area contributed by atoms with E-state index in [9.17, 15) is 4.79 Å². The highest BCUT2D eigenvalue weighted by Crippen LogP contribution is 2.38. The van der Waals surface area contributed by atoms with Crippen LogP contribution in [-0.4, -0.2) is 15.2 Å². The van der Waals surface area contributed by atoms with E-state index in [-0.39, 0.29) is 11.2 Å². The molecule has 0 N–H and O–H groups in total. The SMILES string of the molecule is C=C(C)Cn1c(SCc2ccc(C)cc2C)nc2sc3c(c2c1=O)CC(C)(C)OC3. The number of hydrogen-bond donors (Lipinski definition) is 0. The fourth-order valence-corrected chi connectivity index (χ4v) is 6.10. The van der Waals surface area contributed by atoms with E-state index in [4.69, 9.17) is 9.72 Å². The first-order chi connectivity index (χ1) is 14.1. The Morgan fingerprint density at radius 1 is 1.37 bits per heavy atom. The highest BCUT2D eigenvalue weighted by molar-refractivity contribution is 7.98. The molecule has 2 aromatic heterocycles. The Bertz CT molecular complexity index is 1200. The average molecular weight is 441 g/mol. The van der Waals surface area contributed by atoms with Crippen molar-refractivity contribution in [3.05, 3.63) is 67.8 Å². The van der Waals surface area contributed by atoms with Gasteiger partial charge in [-0.15, -0.1) is 11.3 Å². The number of thiophene rings is 1. The van der Waals surface area contributed by atoms with Crippen molar-refractivity contribution < 1.29 is 4.74 Å². The molecule has 3 aromatic rings. The summed E-state index contributed by atoms with van der Waals surface area (Å²) in [6.07, 6.45) is 0.737. The maximum absolute atomic E-state index is 13.6. The molecule has 30 heavy (non-hydrogen) atoms. The molecule has 4 nitrogen and oxygen atoms in total. The third-order valence-electron chi connectivity index (χ3n) is 5.44. The fourth-order valence-electron chi connectivity index (χ4n) is 3.88. The number of ether oxygens (including phenoxy) is 1. The standard InChI is InChI=1S/C24H28N2O2S2/c1-14(2)11-26-22(27)20-18-10-24(5,6)28-12-19(18)30-21(20)25-23(26)29-13-17-8-7-15(3)9-16(17)4/h7-9H,1,10-13H2,2-6H3. The highest BCUT2D eigenvalue weighted by Gasteiger charge is 2.31. The van der Waals surface area contributed by atoms with E-state index >= 15 is 0 Å². The number of hydrogen-bond acceptors (Lipinski definition) is 5. The van der Waals surface area contributed by atoms with Crippen LogP contribution in [0.15, 0.2) is 40.3 Å². The second kappa shape index (κ2) is 7.98. The summed E-state index contributed by atoms with van der Waals surface area (Å²) in [5.41, 5.74) is 5.63. The van der Waals surface area contributed by atoms with Crippen molar-refractivity contribution in [1.82, 2.24) is 9.55 Å². The van der Waals surface area contributed by atoms with Gasteiger partial charge < -0.3 is 4.74 Å². The van der Waals surface area contributed by atoms with E-state index in [1.807, 2.05) is 6.92 Å². The van der Waals surface area contributed by atoms with E-state index in [2.05, 4.69) is 52.5 Å². The maximum atomic E-state index is 13.6. The normalized spacial score (nSPS) is 15.4. The zero-order valence-corrected chi connectivity index (χ0v) is 19.9. The van der Waals surface area contributed by atoms with Gasteiger partial charge in [0.05, 0.1) is 17.6 Å². The monoisotopic (exact) mass is 440 g/mol. The average Bonchev–Trinajstić information content (AvgIpc) is 3.00. The van der Waals surface area contributed by atoms with Gasteiger partial charge in [-0.05, 0) is 51.3 Å². The van der Waals surface area contributed by atoms with E-state index in [0.29, 0.717) is 13.2 Å². The summed E-state index contributed by atoms with van der Waals surface area (Å²) < 4.78 is 7.77. The minimum absolute atomic E-state index is 0.0429. The van der Waals surface area contributed by atoms with Crippen LogP contribution < -0.4 is 5.56 Å². The third-order valence-corrected chi connectivity index (χ3v) is 7.56. The quantitative estimate of drug-likeness (QED) is 0.286. The Morgan fingerprint density at radius 2 is 2.13 bits per heavy atom. The molecule has 0 atom stereocenters. The molecule has 4 rings (SSSR count). The minimum Gasteiger partial charge on any atom is -0.370 e. The lowest BCUT2D eigenvalue weighted by Gasteiger charge is -2.29. The molecule has 0 amide bonds. The zero-order valence-electron chi connectivity index (χ0n) is 18.3. The van der Waals surface area contributed by atoms with Gasteiger partial charge in [-0.25, -0.2) is 4.98 Å². The van der Waals surface area contributed by atoms with Crippen LogP contribution in [-0.2, 0) is 30.1 Å². The predicted molar refractivity (Wildman–Crippen MR) is 127 cm³/mol. The molecular weight excluding hydrogens is 412 g/mol. The lowest BCUT2D eigenvalue weighted by Crippen LogP contribution is -2.32. The van der Waals surface area contributed by atoms with Crippen molar-refractivity contribution >= 4 is 33.3 Å². The molecule has 0 saturated carbocycles. The first kappa shape index (κ1) is 21.3. The molecule has 158 valence electrons. The summed E-state index contributed by atoms with van der Waals surface area (Å²) >= 11 is 3.22. The van der Waals surface area contributed by atoms with Crippen molar-refractivity contribution in [2.45, 2.75) is 70.7 Å². The van der Waals surface area contributed by atoms with Crippen LogP contribution in [0.1, 0.15) is 47.9 Å². The van der Waals surface area contributed by atoms with Gasteiger partial charge in [0.2, 0.25) is 0 Å². The van der Waals surface area contributed by atoms with Crippen LogP contribution in [0.2, 0.25) is 0 Å². The Morgan fingerprint density at radius 3 is 2.83 bits per heavy atom. The summed E-state index contributed by atoms with van der Waals surface area (Å²) in [5.74, 6) is 0.779. The molecule has 0 aliphatic carbocycles. The number of fused-ring (bicyclic) bond motifs is 3. The largest absolute Gasteiger partial charge is 0.370 e. The topological polar surface area (TPSA) is 44.1 Å². The van der Waals surface area contributed by atoms with E-state index in [1.54, 1.807) is 27.7 Å². The Balaban J connectivity index is 1.79. The highest BCUT2D eigenvalue weighted by atomic mass is 32.2. The van der Waals surface area contributed by atoms with Crippen molar-refractivity contribution in [2.24, 2.45) is 0 Å². The van der Waals surface area contributed by atoms with Crippen molar-refractivity contribution in [3.8, 4) is 0 Å². The first-order valence-corrected chi connectivity index (χ1v) is 12.0. The van der Waals surface area contributed by atoms with Crippen LogP contribution in [0, 0.1) is 13.8 Å². The van der Waals surface area contributed by atoms with Crippen molar-refractivity contribution in [3.63, 3.8) is 0 Å². The number of thioether (sulfide) groups is 1. The molecule has 0 spiro atoms. The third kappa shape index (κ3) is 4.13. The number of nitrogens with zero attached hydrogens (tertiary/aromatic N) is 2. The number of benzene rings is 1. The van der Waals surface area contributed by atoms with Gasteiger partial charge in [-0.2, -0.15) is 0 Å². The Kier molecular flexibility index (Phi) is 5.68. The Hall–Kier alpha value is -1.89.